The Labute approximate surface area is 303 Å². The molecule has 0 bridgehead atoms. The number of thiazole rings is 1. The molecule has 8 nitrogen and oxygen atoms in total. The molecule has 1 aromatic heterocycles. The van der Waals surface area contributed by atoms with Crippen molar-refractivity contribution in [2.75, 3.05) is 11.9 Å². The molecule has 48 heavy (non-hydrogen) atoms. The monoisotopic (exact) mass is 830 g/mol. The summed E-state index contributed by atoms with van der Waals surface area (Å²) in [5, 5.41) is 12.5. The number of aromatic nitrogens is 1. The summed E-state index contributed by atoms with van der Waals surface area (Å²) in [6.45, 7) is 4.40. The molecule has 11 heteroatoms. The number of allylic oxidation sites excluding steroid dienone is 1. The van der Waals surface area contributed by atoms with Crippen molar-refractivity contribution in [1.29, 1.82) is 5.26 Å². The highest BCUT2D eigenvalue weighted by Crippen LogP contribution is 2.33. The van der Waals surface area contributed by atoms with Gasteiger partial charge in [0.2, 0.25) is 0 Å². The summed E-state index contributed by atoms with van der Waals surface area (Å²) in [6.07, 6.45) is 1.79. The van der Waals surface area contributed by atoms with Crippen LogP contribution >= 0.6 is 49.9 Å². The van der Waals surface area contributed by atoms with Crippen molar-refractivity contribution >= 4 is 67.5 Å². The average Bonchev–Trinajstić information content (AvgIpc) is 3.38. The second-order valence-electron chi connectivity index (χ2n) is 10.8. The maximum absolute atomic E-state index is 14.4. The molecular weight excluding hydrogens is 803 g/mol. The third-order valence-electron chi connectivity index (χ3n) is 7.64. The second kappa shape index (κ2) is 14.7. The minimum absolute atomic E-state index is 0.181. The van der Waals surface area contributed by atoms with E-state index in [1.165, 1.54) is 11.3 Å². The van der Waals surface area contributed by atoms with E-state index >= 15 is 0 Å². The fourth-order valence-electron chi connectivity index (χ4n) is 5.45. The van der Waals surface area contributed by atoms with Crippen LogP contribution in [0.25, 0.3) is 6.08 Å². The fraction of sp³-hybridized carbons (Fsp3) is 0.135. The predicted molar refractivity (Wildman–Crippen MR) is 199 cm³/mol. The van der Waals surface area contributed by atoms with Crippen LogP contribution in [-0.4, -0.2) is 17.1 Å². The molecule has 0 saturated heterocycles. The SMILES string of the molecule is CCOc1ccc([C@H]2C(C(=O)Nc3ccccc3)=C(C)N=c3s/c(=C\c4cc(Br)cc(I)c4OCc4ccccc4C#N)c(=O)n32)cc1. The number of nitrogens with one attached hydrogen (secondary N) is 1. The van der Waals surface area contributed by atoms with E-state index in [1.807, 2.05) is 91.9 Å². The number of nitriles is 1. The standard InChI is InChI=1S/C37H28BrIN4O4S/c1-3-46-29-15-13-23(14-16-29)33-32(35(44)42-28-11-5-4-6-12-28)22(2)41-37-43(33)36(45)31(48-37)18-26-17-27(38)19-30(39)34(26)47-21-25-10-8-7-9-24(25)20-40/h4-19,33H,3,21H2,1-2H3,(H,42,44)/b31-18-/t33-/m0/s1. The van der Waals surface area contributed by atoms with Gasteiger partial charge in [0, 0.05) is 21.3 Å². The van der Waals surface area contributed by atoms with Gasteiger partial charge in [-0.1, -0.05) is 75.8 Å². The molecule has 1 atom stereocenters. The van der Waals surface area contributed by atoms with Crippen LogP contribution < -0.4 is 29.7 Å². The van der Waals surface area contributed by atoms with Crippen molar-refractivity contribution in [3.8, 4) is 17.6 Å². The lowest BCUT2D eigenvalue weighted by molar-refractivity contribution is -0.113. The third-order valence-corrected chi connectivity index (χ3v) is 9.88. The van der Waals surface area contributed by atoms with Crippen molar-refractivity contribution in [2.45, 2.75) is 26.5 Å². The number of carbonyl (C=O) groups excluding carboxylic acids is 1. The molecule has 1 N–H and O–H groups in total. The summed E-state index contributed by atoms with van der Waals surface area (Å²) < 4.78 is 15.6. The van der Waals surface area contributed by atoms with E-state index in [2.05, 4.69) is 49.9 Å². The molecule has 0 unspecified atom stereocenters. The first-order chi connectivity index (χ1) is 23.3. The van der Waals surface area contributed by atoms with Gasteiger partial charge < -0.3 is 14.8 Å². The number of carbonyl (C=O) groups is 1. The molecule has 2 heterocycles. The highest BCUT2D eigenvalue weighted by Gasteiger charge is 2.32. The first-order valence-electron chi connectivity index (χ1n) is 15.0. The number of para-hydroxylation sites is 1. The van der Waals surface area contributed by atoms with Gasteiger partial charge in [-0.3, -0.25) is 14.2 Å². The Balaban J connectivity index is 1.46. The van der Waals surface area contributed by atoms with Crippen molar-refractivity contribution in [3.63, 3.8) is 0 Å². The van der Waals surface area contributed by atoms with Crippen LogP contribution in [0.1, 0.15) is 42.1 Å². The molecule has 1 amide bonds. The van der Waals surface area contributed by atoms with Crippen LogP contribution in [0.5, 0.6) is 11.5 Å². The number of hydrogen-bond acceptors (Lipinski definition) is 7. The second-order valence-corrected chi connectivity index (χ2v) is 13.9. The van der Waals surface area contributed by atoms with Gasteiger partial charge in [-0.2, -0.15) is 5.26 Å². The Bertz CT molecular complexity index is 2280. The number of halogens is 2. The summed E-state index contributed by atoms with van der Waals surface area (Å²) in [5.74, 6) is 0.934. The van der Waals surface area contributed by atoms with Gasteiger partial charge in [0.1, 0.15) is 18.1 Å². The minimum atomic E-state index is -0.733. The number of nitrogens with zero attached hydrogens (tertiary/aromatic N) is 3. The fourth-order valence-corrected chi connectivity index (χ4v) is 8.19. The molecule has 0 fully saturated rings. The van der Waals surface area contributed by atoms with Crippen molar-refractivity contribution < 1.29 is 14.3 Å². The van der Waals surface area contributed by atoms with E-state index in [9.17, 15) is 14.9 Å². The topological polar surface area (TPSA) is 106 Å². The number of amides is 1. The van der Waals surface area contributed by atoms with Gasteiger partial charge in [-0.05, 0) is 90.5 Å². The Morgan fingerprint density at radius 1 is 1.08 bits per heavy atom. The summed E-state index contributed by atoms with van der Waals surface area (Å²) in [5.41, 5.74) is 3.98. The number of ether oxygens (including phenoxy) is 2. The van der Waals surface area contributed by atoms with Crippen LogP contribution in [0, 0.1) is 14.9 Å². The summed E-state index contributed by atoms with van der Waals surface area (Å²) in [6, 6.07) is 29.2. The number of hydrogen-bond donors (Lipinski definition) is 1. The Morgan fingerprint density at radius 2 is 1.81 bits per heavy atom. The molecule has 1 aliphatic heterocycles. The van der Waals surface area contributed by atoms with Crippen molar-refractivity contribution in [1.82, 2.24) is 4.57 Å². The molecule has 5 aromatic rings. The first-order valence-corrected chi connectivity index (χ1v) is 17.7. The summed E-state index contributed by atoms with van der Waals surface area (Å²) in [7, 11) is 0. The van der Waals surface area contributed by atoms with Gasteiger partial charge >= 0.3 is 0 Å². The molecule has 0 saturated carbocycles. The zero-order valence-corrected chi connectivity index (χ0v) is 30.4. The summed E-state index contributed by atoms with van der Waals surface area (Å²) >= 11 is 7.04. The lowest BCUT2D eigenvalue weighted by Crippen LogP contribution is -2.40. The maximum atomic E-state index is 14.4. The van der Waals surface area contributed by atoms with Crippen molar-refractivity contribution in [2.24, 2.45) is 4.99 Å². The molecule has 6 rings (SSSR count). The van der Waals surface area contributed by atoms with E-state index in [1.54, 1.807) is 23.6 Å². The van der Waals surface area contributed by atoms with Crippen LogP contribution in [-0.2, 0) is 11.4 Å². The molecule has 0 aliphatic carbocycles. The Morgan fingerprint density at radius 3 is 2.54 bits per heavy atom. The number of benzene rings is 4. The highest BCUT2D eigenvalue weighted by atomic mass is 127. The zero-order valence-electron chi connectivity index (χ0n) is 25.9. The molecule has 240 valence electrons. The number of fused-ring (bicyclic) bond motifs is 1. The number of rotatable bonds is 9. The van der Waals surface area contributed by atoms with Crippen LogP contribution in [0.4, 0.5) is 5.69 Å². The van der Waals surface area contributed by atoms with E-state index in [-0.39, 0.29) is 18.1 Å². The van der Waals surface area contributed by atoms with Crippen molar-refractivity contribution in [3.05, 3.63) is 152 Å². The van der Waals surface area contributed by atoms with E-state index in [0.717, 1.165) is 19.2 Å². The molecule has 0 spiro atoms. The zero-order chi connectivity index (χ0) is 33.8. The van der Waals surface area contributed by atoms with E-state index in [4.69, 9.17) is 14.5 Å². The molecule has 1 aliphatic rings. The lowest BCUT2D eigenvalue weighted by atomic mass is 9.95. The first kappa shape index (κ1) is 33.4. The van der Waals surface area contributed by atoms with Crippen LogP contribution in [0.2, 0.25) is 0 Å². The van der Waals surface area contributed by atoms with E-state index < -0.39 is 6.04 Å². The lowest BCUT2D eigenvalue weighted by Gasteiger charge is -2.25. The smallest absolute Gasteiger partial charge is 0.271 e. The quantitative estimate of drug-likeness (QED) is 0.160. The summed E-state index contributed by atoms with van der Waals surface area (Å²) in [4.78, 5) is 33.5. The van der Waals surface area contributed by atoms with Crippen LogP contribution in [0.15, 0.2) is 117 Å². The normalized spacial score (nSPS) is 14.1. The van der Waals surface area contributed by atoms with Gasteiger partial charge in [-0.25, -0.2) is 4.99 Å². The average molecular weight is 832 g/mol. The third kappa shape index (κ3) is 7.01. The van der Waals surface area contributed by atoms with Gasteiger partial charge in [0.15, 0.2) is 4.80 Å². The highest BCUT2D eigenvalue weighted by molar-refractivity contribution is 14.1. The molecule has 4 aromatic carbocycles. The van der Waals surface area contributed by atoms with Crippen LogP contribution in [0.3, 0.4) is 0 Å². The van der Waals surface area contributed by atoms with Gasteiger partial charge in [-0.15, -0.1) is 0 Å². The number of anilines is 1. The Hall–Kier alpha value is -4.51. The van der Waals surface area contributed by atoms with Gasteiger partial charge in [0.25, 0.3) is 11.5 Å². The molecule has 0 radical (unpaired) electrons. The van der Waals surface area contributed by atoms with Gasteiger partial charge in [0.05, 0.1) is 43.7 Å². The Kier molecular flexibility index (Phi) is 10.2. The largest absolute Gasteiger partial charge is 0.494 e. The van der Waals surface area contributed by atoms with E-state index in [0.29, 0.717) is 55.5 Å². The molecular formula is C37H28BrIN4O4S. The minimum Gasteiger partial charge on any atom is -0.494 e. The predicted octanol–water partition coefficient (Wildman–Crippen LogP) is 7.09. The maximum Gasteiger partial charge on any atom is 0.271 e.